The minimum absolute atomic E-state index is 0.0526. The number of nitro benzene ring substituents is 1. The number of rotatable bonds is 5. The van der Waals surface area contributed by atoms with Gasteiger partial charge in [-0.05, 0) is 37.1 Å². The molecule has 0 unspecified atom stereocenters. The van der Waals surface area contributed by atoms with Crippen molar-refractivity contribution < 1.29 is 9.72 Å². The second-order valence-electron chi connectivity index (χ2n) is 6.26. The van der Waals surface area contributed by atoms with Crippen LogP contribution in [0.25, 0.3) is 16.8 Å². The summed E-state index contributed by atoms with van der Waals surface area (Å²) in [5, 5.41) is 21.6. The predicted octanol–water partition coefficient (Wildman–Crippen LogP) is 3.47. The number of fused-ring (bicyclic) bond motifs is 3. The first-order valence-corrected chi connectivity index (χ1v) is 9.43. The van der Waals surface area contributed by atoms with Gasteiger partial charge in [0.05, 0.1) is 21.7 Å². The fourth-order valence-electron chi connectivity index (χ4n) is 2.96. The van der Waals surface area contributed by atoms with E-state index >= 15 is 0 Å². The number of carbonyl (C=O) groups excluding carboxylic acids is 1. The number of carbonyl (C=O) groups is 1. The number of para-hydroxylation sites is 2. The number of hydrogen-bond acceptors (Lipinski definition) is 6. The molecular weight excluding hydrogens is 380 g/mol. The number of aryl methyl sites for hydroxylation is 1. The molecule has 2 aromatic carbocycles. The number of nitro groups is 1. The van der Waals surface area contributed by atoms with Crippen molar-refractivity contribution in [1.29, 1.82) is 0 Å². The van der Waals surface area contributed by atoms with Gasteiger partial charge in [0.2, 0.25) is 11.7 Å². The van der Waals surface area contributed by atoms with Crippen LogP contribution in [0, 0.1) is 24.0 Å². The first-order valence-electron chi connectivity index (χ1n) is 8.44. The van der Waals surface area contributed by atoms with E-state index in [9.17, 15) is 14.9 Å². The summed E-state index contributed by atoms with van der Waals surface area (Å²) in [6, 6.07) is 10.7. The third kappa shape index (κ3) is 3.07. The zero-order chi connectivity index (χ0) is 19.8. The Bertz CT molecular complexity index is 1230. The molecule has 2 aromatic heterocycles. The molecule has 28 heavy (non-hydrogen) atoms. The van der Waals surface area contributed by atoms with E-state index in [-0.39, 0.29) is 23.0 Å². The summed E-state index contributed by atoms with van der Waals surface area (Å²) in [6.07, 6.45) is 0. The van der Waals surface area contributed by atoms with Crippen molar-refractivity contribution in [2.24, 2.45) is 0 Å². The Labute approximate surface area is 163 Å². The SMILES string of the molecule is Cc1ccc([N+](=O)[O-])c(NC(=O)CSc2n[nH]c3nc4ccccc4n23)c1C. The number of thioether (sulfide) groups is 1. The Balaban J connectivity index is 1.56. The van der Waals surface area contributed by atoms with E-state index in [0.717, 1.165) is 16.6 Å². The lowest BCUT2D eigenvalue weighted by Gasteiger charge is -2.10. The van der Waals surface area contributed by atoms with Crippen LogP contribution < -0.4 is 5.32 Å². The van der Waals surface area contributed by atoms with Crippen LogP contribution in [0.5, 0.6) is 0 Å². The Hall–Kier alpha value is -3.40. The first-order chi connectivity index (χ1) is 13.5. The largest absolute Gasteiger partial charge is 0.319 e. The lowest BCUT2D eigenvalue weighted by Crippen LogP contribution is -2.16. The zero-order valence-electron chi connectivity index (χ0n) is 15.1. The maximum absolute atomic E-state index is 12.5. The van der Waals surface area contributed by atoms with Gasteiger partial charge in [0.15, 0.2) is 5.16 Å². The van der Waals surface area contributed by atoms with Gasteiger partial charge >= 0.3 is 0 Å². The molecule has 0 fully saturated rings. The summed E-state index contributed by atoms with van der Waals surface area (Å²) in [5.41, 5.74) is 3.37. The Kier molecular flexibility index (Phi) is 4.47. The van der Waals surface area contributed by atoms with Crippen LogP contribution in [0.4, 0.5) is 11.4 Å². The molecule has 0 atom stereocenters. The second-order valence-corrected chi connectivity index (χ2v) is 7.20. The quantitative estimate of drug-likeness (QED) is 0.303. The van der Waals surface area contributed by atoms with Gasteiger partial charge in [0.1, 0.15) is 5.69 Å². The molecule has 0 saturated carbocycles. The third-order valence-electron chi connectivity index (χ3n) is 4.51. The molecule has 0 aliphatic rings. The average Bonchev–Trinajstić information content (AvgIpc) is 3.23. The number of nitrogens with zero attached hydrogens (tertiary/aromatic N) is 4. The van der Waals surface area contributed by atoms with Gasteiger partial charge in [-0.25, -0.2) is 10.1 Å². The number of anilines is 1. The molecule has 142 valence electrons. The van der Waals surface area contributed by atoms with Crippen molar-refractivity contribution in [3.8, 4) is 0 Å². The number of amides is 1. The highest BCUT2D eigenvalue weighted by atomic mass is 32.2. The highest BCUT2D eigenvalue weighted by Gasteiger charge is 2.20. The number of benzene rings is 2. The molecular formula is C18H16N6O3S. The molecule has 0 spiro atoms. The molecule has 9 nitrogen and oxygen atoms in total. The molecule has 0 radical (unpaired) electrons. The summed E-state index contributed by atoms with van der Waals surface area (Å²) < 4.78 is 1.84. The van der Waals surface area contributed by atoms with Crippen molar-refractivity contribution in [2.75, 3.05) is 11.1 Å². The van der Waals surface area contributed by atoms with Crippen LogP contribution in [0.3, 0.4) is 0 Å². The van der Waals surface area contributed by atoms with Crippen molar-refractivity contribution in [3.05, 3.63) is 57.6 Å². The molecule has 4 rings (SSSR count). The Morgan fingerprint density at radius 1 is 1.29 bits per heavy atom. The summed E-state index contributed by atoms with van der Waals surface area (Å²) in [5.74, 6) is 0.299. The number of imidazole rings is 1. The monoisotopic (exact) mass is 396 g/mol. The molecule has 1 amide bonds. The lowest BCUT2D eigenvalue weighted by atomic mass is 10.1. The highest BCUT2D eigenvalue weighted by Crippen LogP contribution is 2.30. The van der Waals surface area contributed by atoms with Crippen molar-refractivity contribution in [2.45, 2.75) is 19.0 Å². The number of H-pyrrole nitrogens is 1. The van der Waals surface area contributed by atoms with Gasteiger partial charge in [-0.2, -0.15) is 0 Å². The van der Waals surface area contributed by atoms with Crippen LogP contribution in [-0.4, -0.2) is 36.2 Å². The van der Waals surface area contributed by atoms with E-state index in [4.69, 9.17) is 0 Å². The topological polar surface area (TPSA) is 118 Å². The molecule has 0 aliphatic carbocycles. The number of hydrogen-bond donors (Lipinski definition) is 2. The molecule has 4 aromatic rings. The maximum Gasteiger partial charge on any atom is 0.293 e. The van der Waals surface area contributed by atoms with E-state index < -0.39 is 4.92 Å². The minimum atomic E-state index is -0.496. The van der Waals surface area contributed by atoms with Crippen LogP contribution in [0.15, 0.2) is 41.6 Å². The van der Waals surface area contributed by atoms with Gasteiger partial charge in [0.25, 0.3) is 5.69 Å². The molecule has 2 N–H and O–H groups in total. The van der Waals surface area contributed by atoms with Gasteiger partial charge < -0.3 is 5.32 Å². The van der Waals surface area contributed by atoms with Crippen LogP contribution >= 0.6 is 11.8 Å². The summed E-state index contributed by atoms with van der Waals surface area (Å²) in [7, 11) is 0. The fraction of sp³-hybridized carbons (Fsp3) is 0.167. The predicted molar refractivity (Wildman–Crippen MR) is 107 cm³/mol. The Morgan fingerprint density at radius 3 is 2.86 bits per heavy atom. The smallest absolute Gasteiger partial charge is 0.293 e. The van der Waals surface area contributed by atoms with Crippen molar-refractivity contribution in [1.82, 2.24) is 19.6 Å². The first kappa shape index (κ1) is 18.0. The summed E-state index contributed by atoms with van der Waals surface area (Å²) in [4.78, 5) is 27.7. The van der Waals surface area contributed by atoms with Gasteiger partial charge in [0, 0.05) is 6.07 Å². The average molecular weight is 396 g/mol. The van der Waals surface area contributed by atoms with E-state index in [0.29, 0.717) is 16.5 Å². The third-order valence-corrected chi connectivity index (χ3v) is 5.45. The van der Waals surface area contributed by atoms with E-state index in [1.165, 1.54) is 17.8 Å². The number of nitrogens with one attached hydrogen (secondary N) is 2. The van der Waals surface area contributed by atoms with Gasteiger partial charge in [-0.3, -0.25) is 19.3 Å². The number of aromatic amines is 1. The van der Waals surface area contributed by atoms with E-state index in [1.54, 1.807) is 13.0 Å². The van der Waals surface area contributed by atoms with Crippen LogP contribution in [0.1, 0.15) is 11.1 Å². The second kappa shape index (κ2) is 6.97. The minimum Gasteiger partial charge on any atom is -0.319 e. The van der Waals surface area contributed by atoms with Crippen LogP contribution in [0.2, 0.25) is 0 Å². The molecule has 0 saturated heterocycles. The zero-order valence-corrected chi connectivity index (χ0v) is 15.9. The van der Waals surface area contributed by atoms with Crippen molar-refractivity contribution in [3.63, 3.8) is 0 Å². The molecule has 2 heterocycles. The highest BCUT2D eigenvalue weighted by molar-refractivity contribution is 7.99. The maximum atomic E-state index is 12.5. The van der Waals surface area contributed by atoms with Gasteiger partial charge in [-0.1, -0.05) is 30.0 Å². The summed E-state index contributed by atoms with van der Waals surface area (Å²) >= 11 is 1.23. The molecule has 10 heteroatoms. The van der Waals surface area contributed by atoms with Crippen molar-refractivity contribution >= 4 is 45.9 Å². The standard InChI is InChI=1S/C18H16N6O3S/c1-10-7-8-14(24(26)27)16(11(10)2)20-15(25)9-28-18-22-21-17-19-12-5-3-4-6-13(12)23(17)18/h3-8H,9H2,1-2H3,(H,19,21)(H,20,25). The normalized spacial score (nSPS) is 11.2. The van der Waals surface area contributed by atoms with E-state index in [2.05, 4.69) is 20.5 Å². The molecule has 0 bridgehead atoms. The van der Waals surface area contributed by atoms with Gasteiger partial charge in [-0.15, -0.1) is 5.10 Å². The molecule has 0 aliphatic heterocycles. The van der Waals surface area contributed by atoms with Crippen LogP contribution in [-0.2, 0) is 4.79 Å². The van der Waals surface area contributed by atoms with E-state index in [1.807, 2.05) is 35.6 Å². The lowest BCUT2D eigenvalue weighted by molar-refractivity contribution is -0.384. The fourth-order valence-corrected chi connectivity index (χ4v) is 3.71. The Morgan fingerprint density at radius 2 is 2.07 bits per heavy atom. The number of aromatic nitrogens is 4. The summed E-state index contributed by atoms with van der Waals surface area (Å²) in [6.45, 7) is 3.59.